The Morgan fingerprint density at radius 2 is 2.17 bits per heavy atom. The number of furan rings is 1. The molecule has 0 spiro atoms. The molecule has 2 heterocycles. The Morgan fingerprint density at radius 3 is 2.83 bits per heavy atom. The van der Waals surface area contributed by atoms with Crippen LogP contribution in [0.4, 0.5) is 0 Å². The van der Waals surface area contributed by atoms with Gasteiger partial charge in [-0.15, -0.1) is 0 Å². The standard InChI is InChI=1S/C13H10N2O3/c1-7-5-6-10(18-7)12-14-9-4-2-3-8(13(16)17)11(9)15-12/h2-6H,1H3,(H,14,15)(H,16,17). The molecule has 2 aromatic heterocycles. The second-order valence-electron chi connectivity index (χ2n) is 4.00. The zero-order chi connectivity index (χ0) is 12.7. The summed E-state index contributed by atoms with van der Waals surface area (Å²) in [4.78, 5) is 18.4. The van der Waals surface area contributed by atoms with Gasteiger partial charge < -0.3 is 14.5 Å². The van der Waals surface area contributed by atoms with Crippen LogP contribution in [-0.4, -0.2) is 21.0 Å². The number of carboxylic acid groups (broad SMARTS) is 1. The molecule has 1 aromatic carbocycles. The van der Waals surface area contributed by atoms with Crippen LogP contribution in [0.5, 0.6) is 0 Å². The van der Waals surface area contributed by atoms with Crippen LogP contribution in [0.1, 0.15) is 16.1 Å². The number of benzene rings is 1. The van der Waals surface area contributed by atoms with Crippen molar-refractivity contribution >= 4 is 17.0 Å². The molecule has 0 unspecified atom stereocenters. The minimum Gasteiger partial charge on any atom is -0.478 e. The van der Waals surface area contributed by atoms with Gasteiger partial charge >= 0.3 is 5.97 Å². The van der Waals surface area contributed by atoms with E-state index in [0.717, 1.165) is 5.76 Å². The van der Waals surface area contributed by atoms with E-state index in [1.807, 2.05) is 13.0 Å². The molecule has 0 bridgehead atoms. The van der Waals surface area contributed by atoms with Crippen LogP contribution in [0.3, 0.4) is 0 Å². The van der Waals surface area contributed by atoms with Crippen molar-refractivity contribution in [1.29, 1.82) is 0 Å². The molecule has 0 atom stereocenters. The number of aromatic amines is 1. The van der Waals surface area contributed by atoms with Crippen molar-refractivity contribution in [3.05, 3.63) is 41.7 Å². The van der Waals surface area contributed by atoms with Crippen LogP contribution in [0.2, 0.25) is 0 Å². The number of carbonyl (C=O) groups is 1. The maximum atomic E-state index is 11.1. The molecule has 0 aliphatic heterocycles. The third-order valence-corrected chi connectivity index (χ3v) is 2.72. The maximum Gasteiger partial charge on any atom is 0.337 e. The van der Waals surface area contributed by atoms with Crippen molar-refractivity contribution in [3.63, 3.8) is 0 Å². The number of hydrogen-bond donors (Lipinski definition) is 2. The lowest BCUT2D eigenvalue weighted by Gasteiger charge is -1.93. The average molecular weight is 242 g/mol. The van der Waals surface area contributed by atoms with Crippen molar-refractivity contribution in [3.8, 4) is 11.6 Å². The fourth-order valence-electron chi connectivity index (χ4n) is 1.88. The number of aryl methyl sites for hydroxylation is 1. The first kappa shape index (κ1) is 10.6. The van der Waals surface area contributed by atoms with Crippen LogP contribution in [-0.2, 0) is 0 Å². The molecule has 0 fully saturated rings. The molecule has 5 nitrogen and oxygen atoms in total. The van der Waals surface area contributed by atoms with E-state index in [1.165, 1.54) is 6.07 Å². The van der Waals surface area contributed by atoms with E-state index >= 15 is 0 Å². The predicted octanol–water partition coefficient (Wildman–Crippen LogP) is 2.83. The predicted molar refractivity (Wildman–Crippen MR) is 65.5 cm³/mol. The molecule has 0 saturated carbocycles. The normalized spacial score (nSPS) is 10.9. The number of fused-ring (bicyclic) bond motifs is 1. The summed E-state index contributed by atoms with van der Waals surface area (Å²) in [5, 5.41) is 9.09. The first-order chi connectivity index (χ1) is 8.65. The summed E-state index contributed by atoms with van der Waals surface area (Å²) in [6.07, 6.45) is 0. The van der Waals surface area contributed by atoms with Crippen LogP contribution in [0, 0.1) is 6.92 Å². The largest absolute Gasteiger partial charge is 0.478 e. The molecule has 0 radical (unpaired) electrons. The number of H-pyrrole nitrogens is 1. The number of nitrogens with zero attached hydrogens (tertiary/aromatic N) is 1. The fourth-order valence-corrected chi connectivity index (χ4v) is 1.88. The van der Waals surface area contributed by atoms with Gasteiger partial charge in [-0.1, -0.05) is 6.07 Å². The Kier molecular flexibility index (Phi) is 2.19. The van der Waals surface area contributed by atoms with Crippen molar-refractivity contribution in [2.24, 2.45) is 0 Å². The number of imidazole rings is 1. The lowest BCUT2D eigenvalue weighted by molar-refractivity contribution is 0.0699. The van der Waals surface area contributed by atoms with Crippen LogP contribution >= 0.6 is 0 Å². The number of para-hydroxylation sites is 1. The lowest BCUT2D eigenvalue weighted by Crippen LogP contribution is -1.96. The first-order valence-corrected chi connectivity index (χ1v) is 5.44. The molecule has 3 rings (SSSR count). The number of nitrogens with one attached hydrogen (secondary N) is 1. The van der Waals surface area contributed by atoms with E-state index < -0.39 is 5.97 Å². The van der Waals surface area contributed by atoms with Gasteiger partial charge in [0.1, 0.15) is 11.3 Å². The van der Waals surface area contributed by atoms with Crippen LogP contribution < -0.4 is 0 Å². The second-order valence-corrected chi connectivity index (χ2v) is 4.00. The van der Waals surface area contributed by atoms with Gasteiger partial charge in [0.15, 0.2) is 11.6 Å². The van der Waals surface area contributed by atoms with E-state index in [2.05, 4.69) is 9.97 Å². The highest BCUT2D eigenvalue weighted by Gasteiger charge is 2.14. The number of aromatic nitrogens is 2. The second kappa shape index (κ2) is 3.73. The Labute approximate surface area is 102 Å². The number of aromatic carboxylic acids is 1. The quantitative estimate of drug-likeness (QED) is 0.724. The smallest absolute Gasteiger partial charge is 0.337 e. The zero-order valence-corrected chi connectivity index (χ0v) is 9.60. The molecule has 18 heavy (non-hydrogen) atoms. The zero-order valence-electron chi connectivity index (χ0n) is 9.60. The van der Waals surface area contributed by atoms with E-state index in [1.54, 1.807) is 18.2 Å². The third kappa shape index (κ3) is 1.57. The Morgan fingerprint density at radius 1 is 1.33 bits per heavy atom. The molecule has 90 valence electrons. The molecular formula is C13H10N2O3. The summed E-state index contributed by atoms with van der Waals surface area (Å²) in [6.45, 7) is 1.84. The SMILES string of the molecule is Cc1ccc(-c2nc3c(C(=O)O)cccc3[nH]2)o1. The molecule has 0 saturated heterocycles. The fraction of sp³-hybridized carbons (Fsp3) is 0.0769. The van der Waals surface area contributed by atoms with Crippen molar-refractivity contribution in [2.45, 2.75) is 6.92 Å². The highest BCUT2D eigenvalue weighted by molar-refractivity contribution is 6.01. The molecule has 0 aliphatic rings. The minimum absolute atomic E-state index is 0.179. The Hall–Kier alpha value is -2.56. The van der Waals surface area contributed by atoms with Gasteiger partial charge in [-0.25, -0.2) is 9.78 Å². The van der Waals surface area contributed by atoms with Crippen molar-refractivity contribution < 1.29 is 14.3 Å². The van der Waals surface area contributed by atoms with E-state index in [9.17, 15) is 4.79 Å². The third-order valence-electron chi connectivity index (χ3n) is 2.72. The van der Waals surface area contributed by atoms with Gasteiger partial charge in [0.05, 0.1) is 11.1 Å². The summed E-state index contributed by atoms with van der Waals surface area (Å²) in [6, 6.07) is 8.63. The van der Waals surface area contributed by atoms with Crippen LogP contribution in [0.25, 0.3) is 22.6 Å². The summed E-state index contributed by atoms with van der Waals surface area (Å²) in [5.41, 5.74) is 1.30. The summed E-state index contributed by atoms with van der Waals surface area (Å²) in [5.74, 6) is 0.921. The summed E-state index contributed by atoms with van der Waals surface area (Å²) in [7, 11) is 0. The molecule has 0 amide bonds. The molecule has 2 N–H and O–H groups in total. The van der Waals surface area contributed by atoms with Crippen molar-refractivity contribution in [2.75, 3.05) is 0 Å². The topological polar surface area (TPSA) is 79.1 Å². The van der Waals surface area contributed by atoms with E-state index in [0.29, 0.717) is 22.6 Å². The van der Waals surface area contributed by atoms with Gasteiger partial charge in [0.2, 0.25) is 0 Å². The monoisotopic (exact) mass is 242 g/mol. The van der Waals surface area contributed by atoms with Gasteiger partial charge in [-0.3, -0.25) is 0 Å². The highest BCUT2D eigenvalue weighted by Crippen LogP contribution is 2.24. The molecule has 5 heteroatoms. The van der Waals surface area contributed by atoms with Crippen LogP contribution in [0.15, 0.2) is 34.7 Å². The Bertz CT molecular complexity index is 740. The summed E-state index contributed by atoms with van der Waals surface area (Å²) < 4.78 is 5.46. The van der Waals surface area contributed by atoms with Crippen molar-refractivity contribution in [1.82, 2.24) is 9.97 Å². The maximum absolute atomic E-state index is 11.1. The minimum atomic E-state index is -0.991. The number of carboxylic acids is 1. The molecule has 0 aliphatic carbocycles. The Balaban J connectivity index is 2.22. The van der Waals surface area contributed by atoms with Gasteiger partial charge in [0.25, 0.3) is 0 Å². The van der Waals surface area contributed by atoms with Gasteiger partial charge in [-0.2, -0.15) is 0 Å². The van der Waals surface area contributed by atoms with Gasteiger partial charge in [0, 0.05) is 0 Å². The highest BCUT2D eigenvalue weighted by atomic mass is 16.4. The first-order valence-electron chi connectivity index (χ1n) is 5.44. The number of hydrogen-bond acceptors (Lipinski definition) is 3. The molecular weight excluding hydrogens is 232 g/mol. The van der Waals surface area contributed by atoms with E-state index in [-0.39, 0.29) is 5.56 Å². The lowest BCUT2D eigenvalue weighted by atomic mass is 10.2. The average Bonchev–Trinajstić information content (AvgIpc) is 2.93. The molecule has 3 aromatic rings. The van der Waals surface area contributed by atoms with Gasteiger partial charge in [-0.05, 0) is 31.2 Å². The summed E-state index contributed by atoms with van der Waals surface area (Å²) >= 11 is 0. The van der Waals surface area contributed by atoms with E-state index in [4.69, 9.17) is 9.52 Å². The number of rotatable bonds is 2.